The van der Waals surface area contributed by atoms with Crippen molar-refractivity contribution in [1.29, 1.82) is 0 Å². The summed E-state index contributed by atoms with van der Waals surface area (Å²) in [4.78, 5) is 2.90. The van der Waals surface area contributed by atoms with Gasteiger partial charge >= 0.3 is 0 Å². The molecule has 166 valence electrons. The van der Waals surface area contributed by atoms with Crippen LogP contribution in [0.4, 0.5) is 10.1 Å². The first-order chi connectivity index (χ1) is 15.6. The van der Waals surface area contributed by atoms with Crippen molar-refractivity contribution in [2.24, 2.45) is 5.92 Å². The molecule has 0 radical (unpaired) electrons. The van der Waals surface area contributed by atoms with Crippen molar-refractivity contribution < 1.29 is 4.39 Å². The molecule has 2 N–H and O–H groups in total. The molecule has 4 aliphatic carbocycles. The van der Waals surface area contributed by atoms with Gasteiger partial charge in [0.05, 0.1) is 12.1 Å². The van der Waals surface area contributed by atoms with E-state index in [0.29, 0.717) is 30.7 Å². The van der Waals surface area contributed by atoms with Gasteiger partial charge in [0.25, 0.3) is 0 Å². The molecule has 0 amide bonds. The van der Waals surface area contributed by atoms with E-state index in [4.69, 9.17) is 0 Å². The zero-order chi connectivity index (χ0) is 21.4. The molecule has 4 heteroatoms. The Bertz CT molecular complexity index is 1070. The number of anilines is 1. The van der Waals surface area contributed by atoms with Gasteiger partial charge in [-0.2, -0.15) is 0 Å². The molecule has 3 saturated carbocycles. The standard InChI is InChI=1S/C28H32FN3/c1-17-10-23-22-5-3-2-4-20(22)11-24(23)27(32(17)28-12-18(13-28)14-28)19-6-8-21(9-7-19)31-26-16-30-15-25(26)29/h2-9,17-18,25-27,30-31H,10-16H2,1H3/t17-,18?,25-,26-,27-,28?/m1/s1. The van der Waals surface area contributed by atoms with E-state index in [9.17, 15) is 4.39 Å². The van der Waals surface area contributed by atoms with E-state index in [1.165, 1.54) is 42.4 Å². The predicted molar refractivity (Wildman–Crippen MR) is 127 cm³/mol. The maximum Gasteiger partial charge on any atom is 0.134 e. The molecule has 2 heterocycles. The Morgan fingerprint density at radius 2 is 1.81 bits per heavy atom. The van der Waals surface area contributed by atoms with Crippen LogP contribution in [0.1, 0.15) is 55.3 Å². The second-order valence-corrected chi connectivity index (χ2v) is 11.0. The first-order valence-corrected chi connectivity index (χ1v) is 12.4. The SMILES string of the molecule is C[C@@H]1CC2=C(Cc3ccccc32)[C@@H](c2ccc(N[C@@H]3CNC[C@H]3F)cc2)N1C12CC(C1)C2. The largest absolute Gasteiger partial charge is 0.378 e. The summed E-state index contributed by atoms with van der Waals surface area (Å²) in [5, 5.41) is 6.53. The summed E-state index contributed by atoms with van der Waals surface area (Å²) < 4.78 is 14.1. The van der Waals surface area contributed by atoms with Gasteiger partial charge in [0, 0.05) is 30.4 Å². The van der Waals surface area contributed by atoms with Gasteiger partial charge in [0.1, 0.15) is 6.17 Å². The third kappa shape index (κ3) is 2.72. The summed E-state index contributed by atoms with van der Waals surface area (Å²) in [7, 11) is 0. The van der Waals surface area contributed by atoms with Gasteiger partial charge in [-0.3, -0.25) is 4.90 Å². The Morgan fingerprint density at radius 3 is 2.50 bits per heavy atom. The Morgan fingerprint density at radius 1 is 1.03 bits per heavy atom. The fraction of sp³-hybridized carbons (Fsp3) is 0.500. The minimum atomic E-state index is -0.821. The topological polar surface area (TPSA) is 27.3 Å². The van der Waals surface area contributed by atoms with Crippen LogP contribution in [-0.4, -0.2) is 41.8 Å². The Balaban J connectivity index is 1.25. The first-order valence-electron chi connectivity index (χ1n) is 12.4. The lowest BCUT2D eigenvalue weighted by molar-refractivity contribution is -0.173. The lowest BCUT2D eigenvalue weighted by Crippen LogP contribution is -2.71. The van der Waals surface area contributed by atoms with Crippen LogP contribution in [-0.2, 0) is 6.42 Å². The van der Waals surface area contributed by atoms with E-state index in [2.05, 4.69) is 71.0 Å². The summed E-state index contributed by atoms with van der Waals surface area (Å²) in [6, 6.07) is 18.7. The van der Waals surface area contributed by atoms with Gasteiger partial charge in [0.15, 0.2) is 0 Å². The molecular weight excluding hydrogens is 397 g/mol. The molecule has 2 aliphatic heterocycles. The molecule has 3 nitrogen and oxygen atoms in total. The Hall–Kier alpha value is -2.17. The lowest BCUT2D eigenvalue weighted by Gasteiger charge is -2.70. The molecule has 2 aromatic rings. The van der Waals surface area contributed by atoms with Crippen LogP contribution < -0.4 is 10.6 Å². The third-order valence-corrected chi connectivity index (χ3v) is 8.97. The van der Waals surface area contributed by atoms with E-state index >= 15 is 0 Å². The molecule has 4 fully saturated rings. The number of halogens is 1. The zero-order valence-corrected chi connectivity index (χ0v) is 18.8. The van der Waals surface area contributed by atoms with Crippen LogP contribution in [0.25, 0.3) is 5.57 Å². The molecule has 2 aromatic carbocycles. The molecule has 0 spiro atoms. The number of nitrogens with one attached hydrogen (secondary N) is 2. The van der Waals surface area contributed by atoms with Crippen molar-refractivity contribution in [1.82, 2.24) is 10.2 Å². The maximum absolute atomic E-state index is 14.1. The van der Waals surface area contributed by atoms with Crippen molar-refractivity contribution in [3.05, 3.63) is 70.8 Å². The summed E-state index contributed by atoms with van der Waals surface area (Å²) in [5.41, 5.74) is 9.05. The van der Waals surface area contributed by atoms with Crippen molar-refractivity contribution in [2.45, 2.75) is 68.9 Å². The third-order valence-electron chi connectivity index (χ3n) is 8.97. The fourth-order valence-electron chi connectivity index (χ4n) is 7.39. The molecule has 1 saturated heterocycles. The Labute approximate surface area is 190 Å². The number of alkyl halides is 1. The van der Waals surface area contributed by atoms with Gasteiger partial charge in [-0.1, -0.05) is 36.4 Å². The van der Waals surface area contributed by atoms with E-state index < -0.39 is 6.17 Å². The van der Waals surface area contributed by atoms with Crippen LogP contribution in [0.3, 0.4) is 0 Å². The number of rotatable bonds is 4. The van der Waals surface area contributed by atoms with Gasteiger partial charge in [-0.25, -0.2) is 4.39 Å². The fourth-order valence-corrected chi connectivity index (χ4v) is 7.39. The number of hydrogen-bond acceptors (Lipinski definition) is 3. The summed E-state index contributed by atoms with van der Waals surface area (Å²) in [6.45, 7) is 3.59. The average molecular weight is 430 g/mol. The van der Waals surface area contributed by atoms with Crippen LogP contribution in [0.5, 0.6) is 0 Å². The smallest absolute Gasteiger partial charge is 0.134 e. The van der Waals surface area contributed by atoms with E-state index in [1.807, 2.05) is 0 Å². The second-order valence-electron chi connectivity index (χ2n) is 11.0. The van der Waals surface area contributed by atoms with Gasteiger partial charge in [0.2, 0.25) is 0 Å². The highest BCUT2D eigenvalue weighted by Gasteiger charge is 2.63. The molecule has 4 atom stereocenters. The van der Waals surface area contributed by atoms with Crippen molar-refractivity contribution in [2.75, 3.05) is 18.4 Å². The highest BCUT2D eigenvalue weighted by Crippen LogP contribution is 2.65. The summed E-state index contributed by atoms with van der Waals surface area (Å²) in [5.74, 6) is 0.972. The molecule has 8 rings (SSSR count). The monoisotopic (exact) mass is 429 g/mol. The van der Waals surface area contributed by atoms with Crippen LogP contribution in [0.2, 0.25) is 0 Å². The summed E-state index contributed by atoms with van der Waals surface area (Å²) in [6.07, 6.45) is 5.58. The molecule has 2 bridgehead atoms. The number of benzene rings is 2. The lowest BCUT2D eigenvalue weighted by atomic mass is 9.48. The highest BCUT2D eigenvalue weighted by atomic mass is 19.1. The van der Waals surface area contributed by atoms with E-state index in [1.54, 1.807) is 11.1 Å². The van der Waals surface area contributed by atoms with E-state index in [-0.39, 0.29) is 6.04 Å². The van der Waals surface area contributed by atoms with Gasteiger partial charge in [-0.15, -0.1) is 0 Å². The minimum absolute atomic E-state index is 0.133. The number of nitrogens with zero attached hydrogens (tertiary/aromatic N) is 1. The second kappa shape index (κ2) is 6.91. The van der Waals surface area contributed by atoms with Crippen molar-refractivity contribution >= 4 is 11.3 Å². The predicted octanol–water partition coefficient (Wildman–Crippen LogP) is 5.11. The molecule has 0 unspecified atom stereocenters. The molecule has 32 heavy (non-hydrogen) atoms. The minimum Gasteiger partial charge on any atom is -0.378 e. The quantitative estimate of drug-likeness (QED) is 0.708. The van der Waals surface area contributed by atoms with Gasteiger partial charge in [-0.05, 0) is 84.9 Å². The van der Waals surface area contributed by atoms with Gasteiger partial charge < -0.3 is 10.6 Å². The molecular formula is C28H32FN3. The normalized spacial score (nSPS) is 37.5. The molecule has 6 aliphatic rings. The van der Waals surface area contributed by atoms with Crippen molar-refractivity contribution in [3.63, 3.8) is 0 Å². The number of fused-ring (bicyclic) bond motifs is 2. The zero-order valence-electron chi connectivity index (χ0n) is 18.8. The maximum atomic E-state index is 14.1. The van der Waals surface area contributed by atoms with E-state index in [0.717, 1.165) is 18.0 Å². The highest BCUT2D eigenvalue weighted by molar-refractivity contribution is 5.79. The average Bonchev–Trinajstić information content (AvgIpc) is 3.30. The summed E-state index contributed by atoms with van der Waals surface area (Å²) >= 11 is 0. The molecule has 0 aromatic heterocycles. The van der Waals surface area contributed by atoms with Crippen LogP contribution >= 0.6 is 0 Å². The first kappa shape index (κ1) is 19.3. The van der Waals surface area contributed by atoms with Crippen LogP contribution in [0.15, 0.2) is 54.1 Å². The number of hydrogen-bond donors (Lipinski definition) is 2. The Kier molecular flexibility index (Phi) is 4.17. The van der Waals surface area contributed by atoms with Crippen molar-refractivity contribution in [3.8, 4) is 0 Å². The van der Waals surface area contributed by atoms with Crippen LogP contribution in [0, 0.1) is 5.92 Å².